The summed E-state index contributed by atoms with van der Waals surface area (Å²) in [7, 11) is -2.62. The van der Waals surface area contributed by atoms with Gasteiger partial charge in [-0.3, -0.25) is 13.9 Å². The average molecular weight is 600 g/mol. The lowest BCUT2D eigenvalue weighted by Gasteiger charge is -2.34. The number of aryl methyl sites for hydroxylation is 1. The third-order valence-electron chi connectivity index (χ3n) is 6.37. The van der Waals surface area contributed by atoms with E-state index in [9.17, 15) is 18.0 Å². The zero-order valence-corrected chi connectivity index (χ0v) is 25.9. The Morgan fingerprint density at radius 2 is 1.63 bits per heavy atom. The van der Waals surface area contributed by atoms with E-state index in [-0.39, 0.29) is 17.3 Å². The molecule has 1 atom stereocenters. The second-order valence-electron chi connectivity index (χ2n) is 10.8. The Balaban J connectivity index is 2.07. The highest BCUT2D eigenvalue weighted by atomic mass is 35.5. The van der Waals surface area contributed by atoms with Gasteiger partial charge in [0.25, 0.3) is 10.0 Å². The van der Waals surface area contributed by atoms with E-state index in [2.05, 4.69) is 5.32 Å². The molecule has 41 heavy (non-hydrogen) atoms. The number of anilines is 1. The molecule has 1 N–H and O–H groups in total. The Bertz CT molecular complexity index is 1450. The molecule has 0 radical (unpaired) electrons. The number of hydrogen-bond donors (Lipinski definition) is 1. The maximum atomic E-state index is 14.1. The third-order valence-corrected chi connectivity index (χ3v) is 8.41. The van der Waals surface area contributed by atoms with Crippen LogP contribution in [0.5, 0.6) is 5.75 Å². The summed E-state index contributed by atoms with van der Waals surface area (Å²) in [6.45, 7) is 8.87. The Labute approximate surface area is 248 Å². The van der Waals surface area contributed by atoms with E-state index in [4.69, 9.17) is 16.3 Å². The maximum absolute atomic E-state index is 14.1. The van der Waals surface area contributed by atoms with Gasteiger partial charge >= 0.3 is 0 Å². The average Bonchev–Trinajstić information content (AvgIpc) is 2.91. The van der Waals surface area contributed by atoms with Gasteiger partial charge in [-0.1, -0.05) is 48.4 Å². The number of ether oxygens (including phenoxy) is 1. The minimum Gasteiger partial charge on any atom is -0.497 e. The first-order chi connectivity index (χ1) is 19.2. The number of sulfonamides is 1. The summed E-state index contributed by atoms with van der Waals surface area (Å²) in [5, 5.41) is 3.36. The zero-order valence-electron chi connectivity index (χ0n) is 24.3. The Morgan fingerprint density at radius 3 is 2.20 bits per heavy atom. The van der Waals surface area contributed by atoms with Crippen molar-refractivity contribution in [1.82, 2.24) is 10.2 Å². The van der Waals surface area contributed by atoms with E-state index in [1.165, 1.54) is 29.2 Å². The van der Waals surface area contributed by atoms with Gasteiger partial charge in [-0.25, -0.2) is 8.42 Å². The molecule has 3 aromatic carbocycles. The van der Waals surface area contributed by atoms with Crippen LogP contribution in [-0.4, -0.2) is 50.4 Å². The van der Waals surface area contributed by atoms with Crippen LogP contribution in [0, 0.1) is 6.92 Å². The molecule has 0 fully saturated rings. The fourth-order valence-corrected chi connectivity index (χ4v) is 5.85. The minimum atomic E-state index is -4.17. The monoisotopic (exact) mass is 599 g/mol. The van der Waals surface area contributed by atoms with Crippen molar-refractivity contribution in [3.63, 3.8) is 0 Å². The predicted octanol–water partition coefficient (Wildman–Crippen LogP) is 5.57. The number of benzene rings is 3. The summed E-state index contributed by atoms with van der Waals surface area (Å²) >= 11 is 6.01. The number of nitrogens with zero attached hydrogens (tertiary/aromatic N) is 2. The standard InChI is InChI=1S/C31H38ClN3O5S/c1-7-28(30(37)33-31(3,4)5)34(20-23-9-8-10-26(19-23)40-6)29(36)21-35(25-15-11-22(2)12-16-25)41(38,39)27-17-13-24(32)14-18-27/h8-19,28H,7,20-21H2,1-6H3,(H,33,37)/t28-/m1/s1. The molecule has 10 heteroatoms. The molecule has 0 aliphatic carbocycles. The minimum absolute atomic E-state index is 0.00728. The van der Waals surface area contributed by atoms with Crippen LogP contribution in [-0.2, 0) is 26.2 Å². The predicted molar refractivity (Wildman–Crippen MR) is 163 cm³/mol. The van der Waals surface area contributed by atoms with Gasteiger partial charge < -0.3 is 15.0 Å². The zero-order chi connectivity index (χ0) is 30.4. The lowest BCUT2D eigenvalue weighted by molar-refractivity contribution is -0.141. The smallest absolute Gasteiger partial charge is 0.264 e. The first-order valence-corrected chi connectivity index (χ1v) is 15.2. The highest BCUT2D eigenvalue weighted by Crippen LogP contribution is 2.26. The van der Waals surface area contributed by atoms with E-state index in [0.29, 0.717) is 22.9 Å². The van der Waals surface area contributed by atoms with Crippen LogP contribution in [0.25, 0.3) is 0 Å². The number of carbonyl (C=O) groups excluding carboxylic acids is 2. The highest BCUT2D eigenvalue weighted by Gasteiger charge is 2.34. The summed E-state index contributed by atoms with van der Waals surface area (Å²) in [5.41, 5.74) is 1.48. The van der Waals surface area contributed by atoms with Crippen molar-refractivity contribution in [3.05, 3.63) is 88.9 Å². The van der Waals surface area contributed by atoms with Crippen molar-refractivity contribution in [2.75, 3.05) is 18.0 Å². The fraction of sp³-hybridized carbons (Fsp3) is 0.355. The SMILES string of the molecule is CC[C@H](C(=O)NC(C)(C)C)N(Cc1cccc(OC)c1)C(=O)CN(c1ccc(C)cc1)S(=O)(=O)c1ccc(Cl)cc1. The van der Waals surface area contributed by atoms with Crippen molar-refractivity contribution in [2.45, 2.75) is 64.1 Å². The molecular weight excluding hydrogens is 562 g/mol. The van der Waals surface area contributed by atoms with Crippen molar-refractivity contribution in [1.29, 1.82) is 0 Å². The summed E-state index contributed by atoms with van der Waals surface area (Å²) in [6, 6.07) is 19.0. The second kappa shape index (κ2) is 13.4. The number of amides is 2. The molecule has 2 amide bonds. The van der Waals surface area contributed by atoms with Gasteiger partial charge in [-0.2, -0.15) is 0 Å². The molecule has 3 rings (SSSR count). The molecule has 8 nitrogen and oxygen atoms in total. The van der Waals surface area contributed by atoms with Crippen LogP contribution in [0.15, 0.2) is 77.7 Å². The van der Waals surface area contributed by atoms with E-state index in [1.54, 1.807) is 49.6 Å². The van der Waals surface area contributed by atoms with Crippen molar-refractivity contribution in [2.24, 2.45) is 0 Å². The van der Waals surface area contributed by atoms with Gasteiger partial charge in [0.15, 0.2) is 0 Å². The fourth-order valence-electron chi connectivity index (χ4n) is 4.31. The largest absolute Gasteiger partial charge is 0.497 e. The quantitative estimate of drug-likeness (QED) is 0.311. The van der Waals surface area contributed by atoms with Crippen molar-refractivity contribution < 1.29 is 22.7 Å². The molecule has 0 saturated heterocycles. The first kappa shape index (κ1) is 32.0. The number of halogens is 1. The Morgan fingerprint density at radius 1 is 1.00 bits per heavy atom. The molecular formula is C31H38ClN3O5S. The van der Waals surface area contributed by atoms with Crippen LogP contribution < -0.4 is 14.4 Å². The highest BCUT2D eigenvalue weighted by molar-refractivity contribution is 7.92. The molecule has 220 valence electrons. The van der Waals surface area contributed by atoms with Crippen molar-refractivity contribution >= 4 is 39.1 Å². The van der Waals surface area contributed by atoms with Gasteiger partial charge in [0.05, 0.1) is 17.7 Å². The van der Waals surface area contributed by atoms with Gasteiger partial charge in [0.1, 0.15) is 18.3 Å². The van der Waals surface area contributed by atoms with Crippen LogP contribution in [0.1, 0.15) is 45.2 Å². The van der Waals surface area contributed by atoms with E-state index >= 15 is 0 Å². The molecule has 0 bridgehead atoms. The topological polar surface area (TPSA) is 96.0 Å². The van der Waals surface area contributed by atoms with Crippen LogP contribution in [0.2, 0.25) is 5.02 Å². The Hall–Kier alpha value is -3.56. The summed E-state index contributed by atoms with van der Waals surface area (Å²) in [6.07, 6.45) is 0.325. The van der Waals surface area contributed by atoms with Gasteiger partial charge in [-0.05, 0) is 88.2 Å². The first-order valence-electron chi connectivity index (χ1n) is 13.3. The van der Waals surface area contributed by atoms with Crippen molar-refractivity contribution in [3.8, 4) is 5.75 Å². The number of nitrogens with one attached hydrogen (secondary N) is 1. The summed E-state index contributed by atoms with van der Waals surface area (Å²) in [4.78, 5) is 29.0. The summed E-state index contributed by atoms with van der Waals surface area (Å²) in [5.74, 6) is -0.241. The number of rotatable bonds is 11. The number of carbonyl (C=O) groups is 2. The summed E-state index contributed by atoms with van der Waals surface area (Å²) < 4.78 is 34.2. The molecule has 0 unspecified atom stereocenters. The van der Waals surface area contributed by atoms with Gasteiger partial charge in [0, 0.05) is 17.1 Å². The van der Waals surface area contributed by atoms with Crippen LogP contribution in [0.4, 0.5) is 5.69 Å². The number of hydrogen-bond acceptors (Lipinski definition) is 5. The lowest BCUT2D eigenvalue weighted by Crippen LogP contribution is -2.55. The normalized spacial score (nSPS) is 12.4. The van der Waals surface area contributed by atoms with Crippen LogP contribution in [0.3, 0.4) is 0 Å². The molecule has 3 aromatic rings. The van der Waals surface area contributed by atoms with Gasteiger partial charge in [0.2, 0.25) is 11.8 Å². The molecule has 0 aliphatic heterocycles. The molecule has 0 spiro atoms. The maximum Gasteiger partial charge on any atom is 0.264 e. The van der Waals surface area contributed by atoms with E-state index < -0.39 is 34.1 Å². The number of methoxy groups -OCH3 is 1. The Kier molecular flexibility index (Phi) is 10.4. The van der Waals surface area contributed by atoms with Crippen LogP contribution >= 0.6 is 11.6 Å². The van der Waals surface area contributed by atoms with Gasteiger partial charge in [-0.15, -0.1) is 0 Å². The molecule has 0 aliphatic rings. The third kappa shape index (κ3) is 8.47. The molecule has 0 heterocycles. The second-order valence-corrected chi connectivity index (χ2v) is 13.1. The molecule has 0 aromatic heterocycles. The molecule has 0 saturated carbocycles. The lowest BCUT2D eigenvalue weighted by atomic mass is 10.1. The van der Waals surface area contributed by atoms with E-state index in [1.807, 2.05) is 40.7 Å². The van der Waals surface area contributed by atoms with E-state index in [0.717, 1.165) is 15.4 Å².